The van der Waals surface area contributed by atoms with Crippen molar-refractivity contribution in [2.75, 3.05) is 0 Å². The third kappa shape index (κ3) is 3.55. The number of carbonyl (C=O) groups is 2. The van der Waals surface area contributed by atoms with Crippen LogP contribution in [0.3, 0.4) is 0 Å². The molecule has 2 rings (SSSR count). The van der Waals surface area contributed by atoms with Gasteiger partial charge in [-0.05, 0) is 12.1 Å². The summed E-state index contributed by atoms with van der Waals surface area (Å²) >= 11 is 0. The van der Waals surface area contributed by atoms with Gasteiger partial charge in [0.2, 0.25) is 5.91 Å². The molecule has 0 unspecified atom stereocenters. The van der Waals surface area contributed by atoms with Crippen LogP contribution in [0.15, 0.2) is 48.8 Å². The van der Waals surface area contributed by atoms with E-state index in [9.17, 15) is 9.59 Å². The van der Waals surface area contributed by atoms with E-state index in [0.717, 1.165) is 5.56 Å². The average Bonchev–Trinajstić information content (AvgIpc) is 2.39. The summed E-state index contributed by atoms with van der Waals surface area (Å²) in [6, 6.07) is 10.5. The highest BCUT2D eigenvalue weighted by Crippen LogP contribution is 2.07. The lowest BCUT2D eigenvalue weighted by atomic mass is 10.1. The predicted molar refractivity (Wildman–Crippen MR) is 69.2 cm³/mol. The molecule has 0 atom stereocenters. The second-order valence-electron chi connectivity index (χ2n) is 4.15. The maximum atomic E-state index is 11.3. The number of nitrogens with two attached hydrogens (primary N) is 2. The van der Waals surface area contributed by atoms with Gasteiger partial charge in [-0.25, -0.2) is 0 Å². The number of nitrogens with zero attached hydrogens (tertiary/aromatic N) is 1. The van der Waals surface area contributed by atoms with Gasteiger partial charge in [0.1, 0.15) is 5.56 Å². The molecule has 0 bridgehead atoms. The molecule has 1 heterocycles. The van der Waals surface area contributed by atoms with E-state index in [-0.39, 0.29) is 12.4 Å². The van der Waals surface area contributed by atoms with Gasteiger partial charge in [-0.1, -0.05) is 18.2 Å². The quantitative estimate of drug-likeness (QED) is 0.597. The molecule has 0 aliphatic carbocycles. The van der Waals surface area contributed by atoms with Gasteiger partial charge in [0.15, 0.2) is 18.9 Å². The van der Waals surface area contributed by atoms with E-state index < -0.39 is 11.8 Å². The first-order valence-corrected chi connectivity index (χ1v) is 5.74. The molecule has 0 saturated carbocycles. The highest BCUT2D eigenvalue weighted by molar-refractivity contribution is 5.94. The minimum absolute atomic E-state index is 0. The van der Waals surface area contributed by atoms with Gasteiger partial charge >= 0.3 is 0 Å². The van der Waals surface area contributed by atoms with E-state index in [1.54, 1.807) is 41.2 Å². The van der Waals surface area contributed by atoms with E-state index in [1.807, 2.05) is 12.1 Å². The van der Waals surface area contributed by atoms with E-state index in [4.69, 9.17) is 11.5 Å². The standard InChI is InChI=1S/C14H13N3O2.ClH/c15-13(18)11-5-3-7-17(9-11)8-10-4-1-2-6-12(10)14(16)19;/h1-7,9H,8H2,(H3-,15,16,18,19);1H. The molecule has 0 aliphatic rings. The minimum Gasteiger partial charge on any atom is -1.00 e. The average molecular weight is 292 g/mol. The number of primary amides is 2. The van der Waals surface area contributed by atoms with Crippen LogP contribution in [0.1, 0.15) is 26.3 Å². The van der Waals surface area contributed by atoms with Crippen LogP contribution >= 0.6 is 0 Å². The molecule has 104 valence electrons. The van der Waals surface area contributed by atoms with Crippen molar-refractivity contribution in [3.05, 3.63) is 65.5 Å². The first-order valence-electron chi connectivity index (χ1n) is 5.74. The molecule has 0 radical (unpaired) electrons. The van der Waals surface area contributed by atoms with Crippen LogP contribution in [-0.4, -0.2) is 11.8 Å². The molecule has 1 aromatic heterocycles. The summed E-state index contributed by atoms with van der Waals surface area (Å²) in [5.74, 6) is -0.959. The van der Waals surface area contributed by atoms with Gasteiger partial charge in [0, 0.05) is 17.2 Å². The van der Waals surface area contributed by atoms with Crippen molar-refractivity contribution in [1.82, 2.24) is 0 Å². The predicted octanol–water partition coefficient (Wildman–Crippen LogP) is -2.78. The molecule has 5 nitrogen and oxygen atoms in total. The van der Waals surface area contributed by atoms with Gasteiger partial charge in [0.25, 0.3) is 5.91 Å². The maximum Gasteiger partial charge on any atom is 0.254 e. The normalized spacial score (nSPS) is 9.60. The first kappa shape index (κ1) is 15.7. The largest absolute Gasteiger partial charge is 1.00 e. The Morgan fingerprint density at radius 3 is 2.35 bits per heavy atom. The number of hydrogen-bond acceptors (Lipinski definition) is 2. The Labute approximate surface area is 122 Å². The summed E-state index contributed by atoms with van der Waals surface area (Å²) in [6.07, 6.45) is 3.43. The van der Waals surface area contributed by atoms with Gasteiger partial charge in [0.05, 0.1) is 0 Å². The van der Waals surface area contributed by atoms with E-state index in [1.165, 1.54) is 0 Å². The summed E-state index contributed by atoms with van der Waals surface area (Å²) in [6.45, 7) is 0.445. The molecule has 2 amide bonds. The maximum absolute atomic E-state index is 11.3. The lowest BCUT2D eigenvalue weighted by molar-refractivity contribution is -0.688. The summed E-state index contributed by atoms with van der Waals surface area (Å²) in [7, 11) is 0. The minimum atomic E-state index is -0.488. The topological polar surface area (TPSA) is 90.1 Å². The van der Waals surface area contributed by atoms with Crippen molar-refractivity contribution >= 4 is 11.8 Å². The second kappa shape index (κ2) is 6.68. The Kier molecular flexibility index (Phi) is 5.23. The number of pyridine rings is 1. The molecule has 6 heteroatoms. The molecule has 1 aromatic carbocycles. The number of aromatic nitrogens is 1. The zero-order chi connectivity index (χ0) is 13.8. The van der Waals surface area contributed by atoms with Gasteiger partial charge < -0.3 is 23.9 Å². The van der Waals surface area contributed by atoms with Crippen LogP contribution in [0.4, 0.5) is 0 Å². The Morgan fingerprint density at radius 1 is 1.00 bits per heavy atom. The zero-order valence-corrected chi connectivity index (χ0v) is 11.4. The van der Waals surface area contributed by atoms with E-state index >= 15 is 0 Å². The molecule has 0 spiro atoms. The van der Waals surface area contributed by atoms with Crippen molar-refractivity contribution in [3.63, 3.8) is 0 Å². The third-order valence-corrected chi connectivity index (χ3v) is 2.78. The Morgan fingerprint density at radius 2 is 1.70 bits per heavy atom. The van der Waals surface area contributed by atoms with Gasteiger partial charge in [-0.3, -0.25) is 9.59 Å². The fourth-order valence-corrected chi connectivity index (χ4v) is 1.86. The van der Waals surface area contributed by atoms with Crippen molar-refractivity contribution in [1.29, 1.82) is 0 Å². The second-order valence-corrected chi connectivity index (χ2v) is 4.15. The smallest absolute Gasteiger partial charge is 0.254 e. The van der Waals surface area contributed by atoms with Crippen LogP contribution in [0.2, 0.25) is 0 Å². The monoisotopic (exact) mass is 291 g/mol. The number of rotatable bonds is 4. The van der Waals surface area contributed by atoms with Crippen LogP contribution in [0.5, 0.6) is 0 Å². The zero-order valence-electron chi connectivity index (χ0n) is 10.6. The SMILES string of the molecule is NC(=O)c1ccc[n+](Cc2ccccc2C(N)=O)c1.[Cl-]. The fourth-order valence-electron chi connectivity index (χ4n) is 1.86. The summed E-state index contributed by atoms with van der Waals surface area (Å²) < 4.78 is 1.78. The molecule has 0 aliphatic heterocycles. The molecular weight excluding hydrogens is 278 g/mol. The van der Waals surface area contributed by atoms with E-state index in [2.05, 4.69) is 0 Å². The van der Waals surface area contributed by atoms with Crippen LogP contribution in [0, 0.1) is 0 Å². The Bertz CT molecular complexity index is 644. The number of carbonyl (C=O) groups excluding carboxylic acids is 2. The molecule has 0 fully saturated rings. The first-order chi connectivity index (χ1) is 9.08. The van der Waals surface area contributed by atoms with Crippen molar-refractivity contribution in [2.45, 2.75) is 6.54 Å². The van der Waals surface area contributed by atoms with E-state index in [0.29, 0.717) is 17.7 Å². The Hall–Kier alpha value is -2.40. The fraction of sp³-hybridized carbons (Fsp3) is 0.0714. The van der Waals surface area contributed by atoms with Crippen LogP contribution in [0.25, 0.3) is 0 Å². The van der Waals surface area contributed by atoms with Crippen molar-refractivity contribution < 1.29 is 26.6 Å². The lowest BCUT2D eigenvalue weighted by Gasteiger charge is -2.03. The highest BCUT2D eigenvalue weighted by atomic mass is 35.5. The van der Waals surface area contributed by atoms with Crippen molar-refractivity contribution in [2.24, 2.45) is 11.5 Å². The van der Waals surface area contributed by atoms with Crippen LogP contribution < -0.4 is 28.4 Å². The third-order valence-electron chi connectivity index (χ3n) is 2.78. The number of amides is 2. The summed E-state index contributed by atoms with van der Waals surface area (Å²) in [4.78, 5) is 22.4. The molecular formula is C14H14ClN3O2. The number of halogens is 1. The molecule has 2 aromatic rings. The number of benzene rings is 1. The van der Waals surface area contributed by atoms with Crippen molar-refractivity contribution in [3.8, 4) is 0 Å². The molecule has 20 heavy (non-hydrogen) atoms. The molecule has 0 saturated heterocycles. The summed E-state index contributed by atoms with van der Waals surface area (Å²) in [5, 5.41) is 0. The Balaban J connectivity index is 0.00000200. The number of hydrogen-bond donors (Lipinski definition) is 2. The molecule has 4 N–H and O–H groups in total. The summed E-state index contributed by atoms with van der Waals surface area (Å²) in [5.41, 5.74) is 12.2. The van der Waals surface area contributed by atoms with Gasteiger partial charge in [-0.2, -0.15) is 4.57 Å². The lowest BCUT2D eigenvalue weighted by Crippen LogP contribution is -3.00. The highest BCUT2D eigenvalue weighted by Gasteiger charge is 2.12. The van der Waals surface area contributed by atoms with Gasteiger partial charge in [-0.15, -0.1) is 0 Å². The van der Waals surface area contributed by atoms with Crippen LogP contribution in [-0.2, 0) is 6.54 Å².